The molecule has 0 amide bonds. The third-order valence-corrected chi connectivity index (χ3v) is 5.45. The number of rotatable bonds is 7. The van der Waals surface area contributed by atoms with Crippen molar-refractivity contribution in [2.75, 3.05) is 25.4 Å². The molecule has 1 heterocycles. The SMILES string of the molecule is CCC1CN(Cc2ccc(CCNC(C)C)cc2)CCS1. The second-order valence-electron chi connectivity index (χ2n) is 6.31. The van der Waals surface area contributed by atoms with Crippen molar-refractivity contribution in [2.45, 2.75) is 51.4 Å². The quantitative estimate of drug-likeness (QED) is 0.829. The molecule has 0 aliphatic carbocycles. The topological polar surface area (TPSA) is 15.3 Å². The molecule has 1 aromatic carbocycles. The third-order valence-electron chi connectivity index (χ3n) is 4.07. The fourth-order valence-electron chi connectivity index (χ4n) is 2.75. The molecular weight excluding hydrogens is 276 g/mol. The molecule has 1 atom stereocenters. The van der Waals surface area contributed by atoms with Crippen LogP contribution in [0, 0.1) is 0 Å². The Morgan fingerprint density at radius 2 is 1.95 bits per heavy atom. The van der Waals surface area contributed by atoms with E-state index in [1.807, 2.05) is 0 Å². The minimum atomic E-state index is 0.577. The smallest absolute Gasteiger partial charge is 0.0234 e. The Kier molecular flexibility index (Phi) is 7.08. The lowest BCUT2D eigenvalue weighted by atomic mass is 10.1. The molecule has 2 nitrogen and oxygen atoms in total. The van der Waals surface area contributed by atoms with Gasteiger partial charge < -0.3 is 5.32 Å². The number of hydrogen-bond acceptors (Lipinski definition) is 3. The van der Waals surface area contributed by atoms with Gasteiger partial charge in [-0.15, -0.1) is 0 Å². The molecule has 1 unspecified atom stereocenters. The van der Waals surface area contributed by atoms with Crippen LogP contribution < -0.4 is 5.32 Å². The van der Waals surface area contributed by atoms with Gasteiger partial charge in [0.15, 0.2) is 0 Å². The first-order valence-corrected chi connectivity index (χ1v) is 9.37. The van der Waals surface area contributed by atoms with Gasteiger partial charge in [0.2, 0.25) is 0 Å². The van der Waals surface area contributed by atoms with Crippen LogP contribution in [0.3, 0.4) is 0 Å². The largest absolute Gasteiger partial charge is 0.314 e. The fourth-order valence-corrected chi connectivity index (χ4v) is 3.99. The van der Waals surface area contributed by atoms with E-state index in [9.17, 15) is 0 Å². The summed E-state index contributed by atoms with van der Waals surface area (Å²) in [7, 11) is 0. The standard InChI is InChI=1S/C18H30N2S/c1-4-18-14-20(11-12-21-18)13-17-7-5-16(6-8-17)9-10-19-15(2)3/h5-8,15,18-19H,4,9-14H2,1-3H3. The van der Waals surface area contributed by atoms with Crippen LogP contribution in [0.25, 0.3) is 0 Å². The number of benzene rings is 1. The molecule has 0 aromatic heterocycles. The number of thioether (sulfide) groups is 1. The maximum absolute atomic E-state index is 3.47. The highest BCUT2D eigenvalue weighted by Gasteiger charge is 2.18. The van der Waals surface area contributed by atoms with E-state index < -0.39 is 0 Å². The van der Waals surface area contributed by atoms with Crippen molar-refractivity contribution in [3.63, 3.8) is 0 Å². The van der Waals surface area contributed by atoms with E-state index in [1.165, 1.54) is 36.4 Å². The van der Waals surface area contributed by atoms with Crippen molar-refractivity contribution in [3.05, 3.63) is 35.4 Å². The van der Waals surface area contributed by atoms with E-state index in [2.05, 4.69) is 67.0 Å². The van der Waals surface area contributed by atoms with Crippen molar-refractivity contribution in [1.29, 1.82) is 0 Å². The summed E-state index contributed by atoms with van der Waals surface area (Å²) in [6.07, 6.45) is 2.42. The summed E-state index contributed by atoms with van der Waals surface area (Å²) in [6.45, 7) is 11.4. The average Bonchev–Trinajstić information content (AvgIpc) is 2.49. The molecule has 2 rings (SSSR count). The molecule has 0 radical (unpaired) electrons. The van der Waals surface area contributed by atoms with E-state index in [1.54, 1.807) is 0 Å². The number of hydrogen-bond donors (Lipinski definition) is 1. The molecular formula is C18H30N2S. The van der Waals surface area contributed by atoms with Crippen molar-refractivity contribution < 1.29 is 0 Å². The van der Waals surface area contributed by atoms with Gasteiger partial charge in [0.25, 0.3) is 0 Å². The lowest BCUT2D eigenvalue weighted by Gasteiger charge is -2.31. The van der Waals surface area contributed by atoms with Crippen LogP contribution in [0.1, 0.15) is 38.3 Å². The Hall–Kier alpha value is -0.510. The molecule has 1 saturated heterocycles. The molecule has 0 saturated carbocycles. The normalized spacial score (nSPS) is 20.1. The third kappa shape index (κ3) is 6.01. The van der Waals surface area contributed by atoms with Gasteiger partial charge >= 0.3 is 0 Å². The Labute approximate surface area is 134 Å². The Morgan fingerprint density at radius 1 is 1.24 bits per heavy atom. The first-order chi connectivity index (χ1) is 10.2. The van der Waals surface area contributed by atoms with Crippen LogP contribution in [0.5, 0.6) is 0 Å². The molecule has 3 heteroatoms. The number of nitrogens with one attached hydrogen (secondary N) is 1. The lowest BCUT2D eigenvalue weighted by Crippen LogP contribution is -2.37. The molecule has 1 aromatic rings. The summed E-state index contributed by atoms with van der Waals surface area (Å²) in [5, 5.41) is 4.31. The van der Waals surface area contributed by atoms with Crippen LogP contribution >= 0.6 is 11.8 Å². The predicted molar refractivity (Wildman–Crippen MR) is 95.1 cm³/mol. The first kappa shape index (κ1) is 16.9. The van der Waals surface area contributed by atoms with E-state index >= 15 is 0 Å². The summed E-state index contributed by atoms with van der Waals surface area (Å²) in [4.78, 5) is 2.61. The zero-order valence-electron chi connectivity index (χ0n) is 13.8. The van der Waals surface area contributed by atoms with Gasteiger partial charge in [0, 0.05) is 36.7 Å². The van der Waals surface area contributed by atoms with Crippen molar-refractivity contribution in [1.82, 2.24) is 10.2 Å². The summed E-state index contributed by atoms with van der Waals surface area (Å²) >= 11 is 2.14. The molecule has 1 N–H and O–H groups in total. The molecule has 0 bridgehead atoms. The van der Waals surface area contributed by atoms with Crippen LogP contribution in [0.15, 0.2) is 24.3 Å². The highest BCUT2D eigenvalue weighted by molar-refractivity contribution is 8.00. The van der Waals surface area contributed by atoms with Gasteiger partial charge in [0.1, 0.15) is 0 Å². The minimum absolute atomic E-state index is 0.577. The maximum Gasteiger partial charge on any atom is 0.0234 e. The first-order valence-electron chi connectivity index (χ1n) is 8.32. The molecule has 21 heavy (non-hydrogen) atoms. The van der Waals surface area contributed by atoms with Gasteiger partial charge in [-0.2, -0.15) is 11.8 Å². The van der Waals surface area contributed by atoms with Crippen LogP contribution in [0.2, 0.25) is 0 Å². The van der Waals surface area contributed by atoms with Gasteiger partial charge in [-0.3, -0.25) is 4.90 Å². The Balaban J connectivity index is 1.79. The highest BCUT2D eigenvalue weighted by atomic mass is 32.2. The van der Waals surface area contributed by atoms with Crippen molar-refractivity contribution in [2.24, 2.45) is 0 Å². The van der Waals surface area contributed by atoms with Crippen molar-refractivity contribution in [3.8, 4) is 0 Å². The highest BCUT2D eigenvalue weighted by Crippen LogP contribution is 2.22. The van der Waals surface area contributed by atoms with Gasteiger partial charge in [-0.25, -0.2) is 0 Å². The van der Waals surface area contributed by atoms with Gasteiger partial charge in [-0.1, -0.05) is 45.0 Å². The van der Waals surface area contributed by atoms with Crippen LogP contribution in [0.4, 0.5) is 0 Å². The van der Waals surface area contributed by atoms with E-state index in [-0.39, 0.29) is 0 Å². The Bertz CT molecular complexity index is 402. The maximum atomic E-state index is 3.47. The average molecular weight is 307 g/mol. The molecule has 1 aliphatic rings. The monoisotopic (exact) mass is 306 g/mol. The Morgan fingerprint density at radius 3 is 2.62 bits per heavy atom. The molecule has 1 aliphatic heterocycles. The molecule has 0 spiro atoms. The van der Waals surface area contributed by atoms with E-state index in [0.29, 0.717) is 6.04 Å². The summed E-state index contributed by atoms with van der Waals surface area (Å²) in [5.41, 5.74) is 2.89. The van der Waals surface area contributed by atoms with Crippen LogP contribution in [-0.4, -0.2) is 41.6 Å². The van der Waals surface area contributed by atoms with E-state index in [4.69, 9.17) is 0 Å². The second kappa shape index (κ2) is 8.82. The minimum Gasteiger partial charge on any atom is -0.314 e. The van der Waals surface area contributed by atoms with Crippen LogP contribution in [-0.2, 0) is 13.0 Å². The summed E-state index contributed by atoms with van der Waals surface area (Å²) in [6, 6.07) is 9.80. The number of nitrogens with zero attached hydrogens (tertiary/aromatic N) is 1. The lowest BCUT2D eigenvalue weighted by molar-refractivity contribution is 0.273. The van der Waals surface area contributed by atoms with Crippen molar-refractivity contribution >= 4 is 11.8 Å². The van der Waals surface area contributed by atoms with Gasteiger partial charge in [0.05, 0.1) is 0 Å². The molecule has 118 valence electrons. The fraction of sp³-hybridized carbons (Fsp3) is 0.667. The summed E-state index contributed by atoms with van der Waals surface area (Å²) < 4.78 is 0. The van der Waals surface area contributed by atoms with Gasteiger partial charge in [-0.05, 0) is 30.5 Å². The second-order valence-corrected chi connectivity index (χ2v) is 7.72. The summed E-state index contributed by atoms with van der Waals surface area (Å²) in [5.74, 6) is 1.29. The van der Waals surface area contributed by atoms with E-state index in [0.717, 1.165) is 24.8 Å². The predicted octanol–water partition coefficient (Wildman–Crippen LogP) is 3.55. The molecule has 1 fully saturated rings. The zero-order chi connectivity index (χ0) is 15.1. The zero-order valence-corrected chi connectivity index (χ0v) is 14.6.